The van der Waals surface area contributed by atoms with Gasteiger partial charge in [-0.15, -0.1) is 0 Å². The molecule has 0 spiro atoms. The van der Waals surface area contributed by atoms with Gasteiger partial charge in [-0.2, -0.15) is 0 Å². The molecular formula is C14H21NO2. The number of hydrogen-bond donors (Lipinski definition) is 2. The van der Waals surface area contributed by atoms with Gasteiger partial charge in [0.15, 0.2) is 0 Å². The van der Waals surface area contributed by atoms with Crippen molar-refractivity contribution in [3.8, 4) is 0 Å². The highest BCUT2D eigenvalue weighted by molar-refractivity contribution is 5.95. The number of aliphatic hydroxyl groups is 1. The molecule has 3 heteroatoms. The van der Waals surface area contributed by atoms with Gasteiger partial charge in [0.2, 0.25) is 0 Å². The maximum Gasteiger partial charge on any atom is 0.251 e. The first-order chi connectivity index (χ1) is 8.19. The van der Waals surface area contributed by atoms with E-state index in [2.05, 4.69) is 5.32 Å². The maximum atomic E-state index is 12.0. The molecule has 0 aliphatic carbocycles. The summed E-state index contributed by atoms with van der Waals surface area (Å²) in [5.74, 6) is 0.282. The van der Waals surface area contributed by atoms with Gasteiger partial charge in [-0.1, -0.05) is 32.0 Å². The van der Waals surface area contributed by atoms with Gasteiger partial charge in [0.05, 0.1) is 0 Å². The summed E-state index contributed by atoms with van der Waals surface area (Å²) in [4.78, 5) is 12.0. The molecule has 0 radical (unpaired) electrons. The number of nitrogens with one attached hydrogen (secondary N) is 1. The van der Waals surface area contributed by atoms with E-state index >= 15 is 0 Å². The van der Waals surface area contributed by atoms with Crippen molar-refractivity contribution < 1.29 is 9.90 Å². The summed E-state index contributed by atoms with van der Waals surface area (Å²) >= 11 is 0. The van der Waals surface area contributed by atoms with E-state index in [0.29, 0.717) is 12.5 Å². The predicted octanol–water partition coefficient (Wildman–Crippen LogP) is 2.00. The van der Waals surface area contributed by atoms with E-state index in [4.69, 9.17) is 5.11 Å². The lowest BCUT2D eigenvalue weighted by Gasteiger charge is -2.12. The fourth-order valence-electron chi connectivity index (χ4n) is 1.73. The summed E-state index contributed by atoms with van der Waals surface area (Å²) < 4.78 is 0. The Hall–Kier alpha value is -1.35. The van der Waals surface area contributed by atoms with E-state index in [9.17, 15) is 4.79 Å². The van der Waals surface area contributed by atoms with E-state index in [-0.39, 0.29) is 12.5 Å². The highest BCUT2D eigenvalue weighted by Gasteiger charge is 2.10. The molecule has 0 fully saturated rings. The second-order valence-electron chi connectivity index (χ2n) is 4.34. The SMILES string of the molecule is CCc1ccccc1C(=O)NCC(C)CCO. The van der Waals surface area contributed by atoms with E-state index in [1.807, 2.05) is 38.1 Å². The first kappa shape index (κ1) is 13.7. The van der Waals surface area contributed by atoms with E-state index in [0.717, 1.165) is 24.0 Å². The third-order valence-corrected chi connectivity index (χ3v) is 2.88. The van der Waals surface area contributed by atoms with Gasteiger partial charge in [0, 0.05) is 18.7 Å². The number of amides is 1. The van der Waals surface area contributed by atoms with Crippen LogP contribution in [0.25, 0.3) is 0 Å². The summed E-state index contributed by atoms with van der Waals surface area (Å²) in [6, 6.07) is 7.66. The molecule has 1 aromatic carbocycles. The van der Waals surface area contributed by atoms with Crippen LogP contribution in [0.3, 0.4) is 0 Å². The lowest BCUT2D eigenvalue weighted by molar-refractivity contribution is 0.0944. The van der Waals surface area contributed by atoms with Crippen LogP contribution in [-0.4, -0.2) is 24.2 Å². The van der Waals surface area contributed by atoms with Gasteiger partial charge >= 0.3 is 0 Å². The van der Waals surface area contributed by atoms with Crippen LogP contribution in [-0.2, 0) is 6.42 Å². The first-order valence-electron chi connectivity index (χ1n) is 6.16. The molecule has 94 valence electrons. The predicted molar refractivity (Wildman–Crippen MR) is 69.0 cm³/mol. The smallest absolute Gasteiger partial charge is 0.251 e. The number of carbonyl (C=O) groups is 1. The number of benzene rings is 1. The van der Waals surface area contributed by atoms with Gasteiger partial charge in [-0.3, -0.25) is 4.79 Å². The van der Waals surface area contributed by atoms with Gasteiger partial charge < -0.3 is 10.4 Å². The number of aryl methyl sites for hydroxylation is 1. The number of hydrogen-bond acceptors (Lipinski definition) is 2. The minimum atomic E-state index is -0.0211. The Balaban J connectivity index is 2.58. The fourth-order valence-corrected chi connectivity index (χ4v) is 1.73. The zero-order valence-corrected chi connectivity index (χ0v) is 10.6. The highest BCUT2D eigenvalue weighted by Crippen LogP contribution is 2.09. The topological polar surface area (TPSA) is 49.3 Å². The highest BCUT2D eigenvalue weighted by atomic mass is 16.3. The summed E-state index contributed by atoms with van der Waals surface area (Å²) in [7, 11) is 0. The monoisotopic (exact) mass is 235 g/mol. The summed E-state index contributed by atoms with van der Waals surface area (Å²) in [5.41, 5.74) is 1.83. The molecule has 0 aromatic heterocycles. The molecule has 1 aromatic rings. The Morgan fingerprint density at radius 3 is 2.76 bits per heavy atom. The average Bonchev–Trinajstić information content (AvgIpc) is 2.36. The van der Waals surface area contributed by atoms with Crippen LogP contribution >= 0.6 is 0 Å². The Kier molecular flexibility index (Phi) is 5.70. The first-order valence-corrected chi connectivity index (χ1v) is 6.16. The van der Waals surface area contributed by atoms with Gasteiger partial charge in [0.25, 0.3) is 5.91 Å². The standard InChI is InChI=1S/C14H21NO2/c1-3-12-6-4-5-7-13(12)14(17)15-10-11(2)8-9-16/h4-7,11,16H,3,8-10H2,1-2H3,(H,15,17). The van der Waals surface area contributed by atoms with Crippen molar-refractivity contribution in [3.63, 3.8) is 0 Å². The molecule has 0 aliphatic heterocycles. The molecule has 1 amide bonds. The van der Waals surface area contributed by atoms with Crippen LogP contribution in [0.4, 0.5) is 0 Å². The zero-order chi connectivity index (χ0) is 12.7. The van der Waals surface area contributed by atoms with Crippen molar-refractivity contribution in [3.05, 3.63) is 35.4 Å². The van der Waals surface area contributed by atoms with Gasteiger partial charge in [0.1, 0.15) is 0 Å². The largest absolute Gasteiger partial charge is 0.396 e. The second-order valence-corrected chi connectivity index (χ2v) is 4.34. The molecule has 1 rings (SSSR count). The van der Waals surface area contributed by atoms with Crippen molar-refractivity contribution >= 4 is 5.91 Å². The lowest BCUT2D eigenvalue weighted by atomic mass is 10.0. The van der Waals surface area contributed by atoms with Crippen LogP contribution in [0.1, 0.15) is 36.2 Å². The van der Waals surface area contributed by atoms with Crippen LogP contribution in [0.5, 0.6) is 0 Å². The van der Waals surface area contributed by atoms with Crippen molar-refractivity contribution in [2.75, 3.05) is 13.2 Å². The van der Waals surface area contributed by atoms with E-state index < -0.39 is 0 Å². The Labute approximate surface area is 103 Å². The molecule has 0 heterocycles. The Bertz CT molecular complexity index is 363. The summed E-state index contributed by atoms with van der Waals surface area (Å²) in [5, 5.41) is 11.7. The van der Waals surface area contributed by atoms with E-state index in [1.165, 1.54) is 0 Å². The van der Waals surface area contributed by atoms with Gasteiger partial charge in [-0.25, -0.2) is 0 Å². The lowest BCUT2D eigenvalue weighted by Crippen LogP contribution is -2.29. The second kappa shape index (κ2) is 7.07. The quantitative estimate of drug-likeness (QED) is 0.792. The van der Waals surface area contributed by atoms with Gasteiger partial charge in [-0.05, 0) is 30.4 Å². The van der Waals surface area contributed by atoms with Crippen LogP contribution in [0.2, 0.25) is 0 Å². The minimum Gasteiger partial charge on any atom is -0.396 e. The average molecular weight is 235 g/mol. The molecule has 1 unspecified atom stereocenters. The molecule has 0 bridgehead atoms. The minimum absolute atomic E-state index is 0.0211. The molecular weight excluding hydrogens is 214 g/mol. The molecule has 17 heavy (non-hydrogen) atoms. The van der Waals surface area contributed by atoms with Crippen molar-refractivity contribution in [2.24, 2.45) is 5.92 Å². The van der Waals surface area contributed by atoms with Crippen molar-refractivity contribution in [2.45, 2.75) is 26.7 Å². The molecule has 2 N–H and O–H groups in total. The number of carbonyl (C=O) groups excluding carboxylic acids is 1. The van der Waals surface area contributed by atoms with Crippen molar-refractivity contribution in [1.29, 1.82) is 0 Å². The normalized spacial score (nSPS) is 12.2. The number of aliphatic hydroxyl groups excluding tert-OH is 1. The Morgan fingerprint density at radius 2 is 2.12 bits per heavy atom. The van der Waals surface area contributed by atoms with Crippen LogP contribution in [0, 0.1) is 5.92 Å². The molecule has 0 aliphatic rings. The summed E-state index contributed by atoms with van der Waals surface area (Å²) in [6.45, 7) is 4.84. The van der Waals surface area contributed by atoms with Crippen LogP contribution < -0.4 is 5.32 Å². The van der Waals surface area contributed by atoms with Crippen LogP contribution in [0.15, 0.2) is 24.3 Å². The maximum absolute atomic E-state index is 12.0. The third kappa shape index (κ3) is 4.19. The molecule has 1 atom stereocenters. The molecule has 3 nitrogen and oxygen atoms in total. The fraction of sp³-hybridized carbons (Fsp3) is 0.500. The zero-order valence-electron chi connectivity index (χ0n) is 10.6. The molecule has 0 saturated heterocycles. The summed E-state index contributed by atoms with van der Waals surface area (Å²) in [6.07, 6.45) is 1.57. The van der Waals surface area contributed by atoms with E-state index in [1.54, 1.807) is 0 Å². The number of rotatable bonds is 6. The Morgan fingerprint density at radius 1 is 1.41 bits per heavy atom. The third-order valence-electron chi connectivity index (χ3n) is 2.88. The molecule has 0 saturated carbocycles. The van der Waals surface area contributed by atoms with Crippen molar-refractivity contribution in [1.82, 2.24) is 5.32 Å².